The quantitative estimate of drug-likeness (QED) is 0.618. The van der Waals surface area contributed by atoms with Crippen LogP contribution in [0.5, 0.6) is 0 Å². The third-order valence-corrected chi connectivity index (χ3v) is 4.04. The van der Waals surface area contributed by atoms with Crippen LogP contribution in [0.25, 0.3) is 11.1 Å². The molecule has 0 saturated heterocycles. The minimum atomic E-state index is -4.43. The Morgan fingerprint density at radius 3 is 2.37 bits per heavy atom. The molecule has 0 radical (unpaired) electrons. The zero-order valence-electron chi connectivity index (χ0n) is 14.1. The molecular weight excluding hydrogens is 360 g/mol. The van der Waals surface area contributed by atoms with Crippen LogP contribution in [0.4, 0.5) is 23.2 Å². The van der Waals surface area contributed by atoms with Crippen molar-refractivity contribution in [2.75, 3.05) is 5.32 Å². The topological polar surface area (TPSA) is 42.0 Å². The van der Waals surface area contributed by atoms with Gasteiger partial charge in [0.15, 0.2) is 5.82 Å². The van der Waals surface area contributed by atoms with E-state index in [2.05, 4.69) is 10.3 Å². The lowest BCUT2D eigenvalue weighted by Crippen LogP contribution is -2.13. The first-order valence-corrected chi connectivity index (χ1v) is 7.95. The summed E-state index contributed by atoms with van der Waals surface area (Å²) in [6, 6.07) is 11.1. The summed E-state index contributed by atoms with van der Waals surface area (Å²) < 4.78 is 52.4. The highest BCUT2D eigenvalue weighted by Gasteiger charge is 2.30. The van der Waals surface area contributed by atoms with Crippen molar-refractivity contribution >= 4 is 11.6 Å². The maximum absolute atomic E-state index is 13.6. The smallest absolute Gasteiger partial charge is 0.322 e. The second kappa shape index (κ2) is 7.19. The second-order valence-electron chi connectivity index (χ2n) is 5.91. The Bertz CT molecular complexity index is 982. The highest BCUT2D eigenvalue weighted by atomic mass is 19.4. The van der Waals surface area contributed by atoms with Crippen molar-refractivity contribution in [3.8, 4) is 11.1 Å². The van der Waals surface area contributed by atoms with Gasteiger partial charge in [-0.15, -0.1) is 0 Å². The van der Waals surface area contributed by atoms with E-state index in [0.29, 0.717) is 22.4 Å². The van der Waals surface area contributed by atoms with Crippen LogP contribution in [0.2, 0.25) is 0 Å². The Balaban J connectivity index is 1.84. The van der Waals surface area contributed by atoms with Crippen molar-refractivity contribution in [3.63, 3.8) is 0 Å². The van der Waals surface area contributed by atoms with E-state index in [9.17, 15) is 22.4 Å². The average molecular weight is 374 g/mol. The number of carbonyl (C=O) groups is 1. The maximum Gasteiger partial charge on any atom is 0.416 e. The summed E-state index contributed by atoms with van der Waals surface area (Å²) in [6.45, 7) is 1.72. The first-order valence-electron chi connectivity index (χ1n) is 7.95. The molecule has 0 aliphatic carbocycles. The lowest BCUT2D eigenvalue weighted by Gasteiger charge is -2.12. The van der Waals surface area contributed by atoms with Crippen LogP contribution < -0.4 is 5.32 Å². The summed E-state index contributed by atoms with van der Waals surface area (Å²) in [5.74, 6) is -1.39. The normalized spacial score (nSPS) is 11.3. The van der Waals surface area contributed by atoms with Gasteiger partial charge in [0.05, 0.1) is 17.3 Å². The third-order valence-electron chi connectivity index (χ3n) is 4.04. The van der Waals surface area contributed by atoms with Gasteiger partial charge in [-0.05, 0) is 53.9 Å². The van der Waals surface area contributed by atoms with Crippen LogP contribution in [0.3, 0.4) is 0 Å². The van der Waals surface area contributed by atoms with Crippen molar-refractivity contribution in [2.45, 2.75) is 13.1 Å². The number of aryl methyl sites for hydroxylation is 1. The van der Waals surface area contributed by atoms with E-state index in [-0.39, 0.29) is 5.56 Å². The van der Waals surface area contributed by atoms with Gasteiger partial charge in [-0.3, -0.25) is 9.78 Å². The fraction of sp³-hybridized carbons (Fsp3) is 0.100. The Morgan fingerprint density at radius 1 is 1.04 bits per heavy atom. The van der Waals surface area contributed by atoms with Crippen LogP contribution in [0.15, 0.2) is 60.9 Å². The molecule has 0 bridgehead atoms. The first-order chi connectivity index (χ1) is 12.8. The number of pyridine rings is 1. The molecule has 1 aromatic heterocycles. The Morgan fingerprint density at radius 2 is 1.74 bits per heavy atom. The number of hydrogen-bond acceptors (Lipinski definition) is 2. The highest BCUT2D eigenvalue weighted by molar-refractivity contribution is 6.04. The zero-order chi connectivity index (χ0) is 19.6. The molecule has 0 unspecified atom stereocenters. The molecule has 3 nitrogen and oxygen atoms in total. The summed E-state index contributed by atoms with van der Waals surface area (Å²) in [5.41, 5.74) is 1.23. The molecular formula is C20H14F4N2O. The number of hydrogen-bond donors (Lipinski definition) is 1. The summed E-state index contributed by atoms with van der Waals surface area (Å²) in [4.78, 5) is 15.7. The first kappa shape index (κ1) is 18.6. The van der Waals surface area contributed by atoms with E-state index in [4.69, 9.17) is 0 Å². The average Bonchev–Trinajstić information content (AvgIpc) is 2.62. The molecule has 0 aliphatic heterocycles. The summed E-state index contributed by atoms with van der Waals surface area (Å²) in [7, 11) is 0. The summed E-state index contributed by atoms with van der Waals surface area (Å²) in [5, 5.41) is 2.54. The number of alkyl halides is 3. The van der Waals surface area contributed by atoms with Crippen LogP contribution in [-0.4, -0.2) is 10.9 Å². The number of halogens is 4. The van der Waals surface area contributed by atoms with Gasteiger partial charge in [-0.1, -0.05) is 18.2 Å². The van der Waals surface area contributed by atoms with Gasteiger partial charge in [0.1, 0.15) is 0 Å². The molecule has 3 aromatic rings. The molecule has 1 amide bonds. The van der Waals surface area contributed by atoms with E-state index in [1.54, 1.807) is 31.2 Å². The number of rotatable bonds is 3. The predicted octanol–water partition coefficient (Wildman–Crippen LogP) is 5.47. The summed E-state index contributed by atoms with van der Waals surface area (Å²) in [6.07, 6.45) is -2.18. The molecule has 27 heavy (non-hydrogen) atoms. The van der Waals surface area contributed by atoms with Gasteiger partial charge in [-0.25, -0.2) is 4.39 Å². The number of aromatic nitrogens is 1. The monoisotopic (exact) mass is 374 g/mol. The highest BCUT2D eigenvalue weighted by Crippen LogP contribution is 2.34. The number of amides is 1. The number of benzene rings is 2. The molecule has 0 fully saturated rings. The fourth-order valence-electron chi connectivity index (χ4n) is 2.60. The molecule has 0 atom stereocenters. The number of nitrogens with one attached hydrogen (secondary N) is 1. The molecule has 0 spiro atoms. The number of anilines is 1. The van der Waals surface area contributed by atoms with Crippen molar-refractivity contribution in [2.24, 2.45) is 0 Å². The lowest BCUT2D eigenvalue weighted by molar-refractivity contribution is -0.137. The molecule has 0 saturated carbocycles. The van der Waals surface area contributed by atoms with Crippen molar-refractivity contribution < 1.29 is 22.4 Å². The Labute approximate surface area is 152 Å². The Hall–Kier alpha value is -3.22. The molecule has 7 heteroatoms. The summed E-state index contributed by atoms with van der Waals surface area (Å²) >= 11 is 0. The van der Waals surface area contributed by atoms with Gasteiger partial charge in [0.25, 0.3) is 5.91 Å². The molecule has 0 aliphatic rings. The predicted molar refractivity (Wildman–Crippen MR) is 93.8 cm³/mol. The fourth-order valence-corrected chi connectivity index (χ4v) is 2.60. The zero-order valence-corrected chi connectivity index (χ0v) is 14.1. The van der Waals surface area contributed by atoms with Gasteiger partial charge in [0.2, 0.25) is 0 Å². The van der Waals surface area contributed by atoms with Crippen LogP contribution in [-0.2, 0) is 6.18 Å². The molecule has 138 valence electrons. The van der Waals surface area contributed by atoms with Gasteiger partial charge >= 0.3 is 6.18 Å². The van der Waals surface area contributed by atoms with Gasteiger partial charge in [-0.2, -0.15) is 13.2 Å². The van der Waals surface area contributed by atoms with Crippen LogP contribution in [0, 0.1) is 12.7 Å². The molecule has 3 rings (SSSR count). The molecule has 2 aromatic carbocycles. The minimum Gasteiger partial charge on any atom is -0.322 e. The standard InChI is InChI=1S/C20H14F4N2O/c1-12-2-5-14(20(22,23)24)10-17(12)13-3-6-15(7-4-13)26-19(27)16-8-9-25-11-18(16)21/h2-11H,1H3,(H,26,27). The minimum absolute atomic E-state index is 0.150. The lowest BCUT2D eigenvalue weighted by atomic mass is 9.97. The number of carbonyl (C=O) groups excluding carboxylic acids is 1. The number of nitrogens with zero attached hydrogens (tertiary/aromatic N) is 1. The SMILES string of the molecule is Cc1ccc(C(F)(F)F)cc1-c1ccc(NC(=O)c2ccncc2F)cc1. The van der Waals surface area contributed by atoms with Crippen molar-refractivity contribution in [1.82, 2.24) is 4.98 Å². The second-order valence-corrected chi connectivity index (χ2v) is 5.91. The maximum atomic E-state index is 13.6. The van der Waals surface area contributed by atoms with Crippen LogP contribution in [0.1, 0.15) is 21.5 Å². The van der Waals surface area contributed by atoms with Crippen molar-refractivity contribution in [1.29, 1.82) is 0 Å². The molecule has 1 heterocycles. The largest absolute Gasteiger partial charge is 0.416 e. The van der Waals surface area contributed by atoms with Gasteiger partial charge < -0.3 is 5.32 Å². The molecule has 1 N–H and O–H groups in total. The van der Waals surface area contributed by atoms with E-state index < -0.39 is 23.5 Å². The van der Waals surface area contributed by atoms with Gasteiger partial charge in [0, 0.05) is 11.9 Å². The van der Waals surface area contributed by atoms with E-state index in [1.165, 1.54) is 18.3 Å². The van der Waals surface area contributed by atoms with E-state index in [0.717, 1.165) is 18.3 Å². The Kier molecular flexibility index (Phi) is 4.94. The van der Waals surface area contributed by atoms with Crippen molar-refractivity contribution in [3.05, 3.63) is 83.4 Å². The van der Waals surface area contributed by atoms with E-state index >= 15 is 0 Å². The van der Waals surface area contributed by atoms with E-state index in [1.807, 2.05) is 0 Å². The third kappa shape index (κ3) is 4.13. The van der Waals surface area contributed by atoms with Crippen LogP contribution >= 0.6 is 0 Å².